The Labute approximate surface area is 147 Å². The molecule has 0 saturated carbocycles. The lowest BCUT2D eigenvalue weighted by molar-refractivity contribution is -0.113. The Bertz CT molecular complexity index is 803. The fourth-order valence-electron chi connectivity index (χ4n) is 1.81. The zero-order chi connectivity index (χ0) is 17.0. The van der Waals surface area contributed by atoms with E-state index in [1.54, 1.807) is 18.2 Å². The van der Waals surface area contributed by atoms with Crippen molar-refractivity contribution in [1.29, 1.82) is 0 Å². The van der Waals surface area contributed by atoms with Crippen LogP contribution in [0.2, 0.25) is 0 Å². The molecule has 0 aliphatic rings. The zero-order valence-electron chi connectivity index (χ0n) is 12.6. The summed E-state index contributed by atoms with van der Waals surface area (Å²) in [5, 5.41) is 11.4. The van der Waals surface area contributed by atoms with E-state index in [1.807, 2.05) is 19.9 Å². The van der Waals surface area contributed by atoms with Gasteiger partial charge in [-0.15, -0.1) is 10.2 Å². The van der Waals surface area contributed by atoms with Crippen molar-refractivity contribution in [2.24, 2.45) is 0 Å². The van der Waals surface area contributed by atoms with Crippen LogP contribution in [0.5, 0.6) is 0 Å². The van der Waals surface area contributed by atoms with Gasteiger partial charge in [-0.3, -0.25) is 10.1 Å². The minimum absolute atomic E-state index is 0.187. The summed E-state index contributed by atoms with van der Waals surface area (Å²) < 4.78 is 25.0. The summed E-state index contributed by atoms with van der Waals surface area (Å²) in [6.45, 7) is 3.93. The summed E-state index contributed by atoms with van der Waals surface area (Å²) in [5.74, 6) is -1.17. The third-order valence-corrected chi connectivity index (χ3v) is 5.92. The molecule has 0 saturated heterocycles. The van der Waals surface area contributed by atoms with Gasteiger partial charge < -0.3 is 0 Å². The van der Waals surface area contributed by atoms with Crippen LogP contribution in [0.15, 0.2) is 28.7 Å². The molecule has 6 nitrogen and oxygen atoms in total. The van der Waals surface area contributed by atoms with Gasteiger partial charge in [-0.2, -0.15) is 0 Å². The van der Waals surface area contributed by atoms with E-state index in [9.17, 15) is 13.2 Å². The largest absolute Gasteiger partial charge is 0.300 e. The summed E-state index contributed by atoms with van der Waals surface area (Å²) in [5.41, 5.74) is 0.630. The van der Waals surface area contributed by atoms with Crippen LogP contribution in [0.1, 0.15) is 30.3 Å². The van der Waals surface area contributed by atoms with Gasteiger partial charge in [0, 0.05) is 10.4 Å². The van der Waals surface area contributed by atoms with Crippen LogP contribution in [0.25, 0.3) is 0 Å². The van der Waals surface area contributed by atoms with Gasteiger partial charge in [-0.25, -0.2) is 8.42 Å². The van der Waals surface area contributed by atoms with E-state index in [-0.39, 0.29) is 11.7 Å². The highest BCUT2D eigenvalue weighted by Gasteiger charge is 2.19. The molecule has 0 spiro atoms. The van der Waals surface area contributed by atoms with E-state index >= 15 is 0 Å². The first kappa shape index (κ1) is 18.0. The SMILES string of the molecule is CC(C)c1nnc(NC(=O)CS(=O)(=O)Cc2cccc(Br)c2)s1. The van der Waals surface area contributed by atoms with Gasteiger partial charge in [0.15, 0.2) is 9.84 Å². The fraction of sp³-hybridized carbons (Fsp3) is 0.357. The Morgan fingerprint density at radius 1 is 1.35 bits per heavy atom. The van der Waals surface area contributed by atoms with Crippen molar-refractivity contribution >= 4 is 48.1 Å². The first-order valence-electron chi connectivity index (χ1n) is 6.83. The lowest BCUT2D eigenvalue weighted by atomic mass is 10.2. The number of amides is 1. The van der Waals surface area contributed by atoms with Crippen molar-refractivity contribution in [3.05, 3.63) is 39.3 Å². The smallest absolute Gasteiger partial charge is 0.241 e. The number of nitrogens with zero attached hydrogens (tertiary/aromatic N) is 2. The summed E-state index contributed by atoms with van der Waals surface area (Å²) in [7, 11) is -3.56. The zero-order valence-corrected chi connectivity index (χ0v) is 15.8. The minimum Gasteiger partial charge on any atom is -0.300 e. The second-order valence-corrected chi connectivity index (χ2v) is 9.30. The molecule has 1 amide bonds. The number of carbonyl (C=O) groups excluding carboxylic acids is 1. The number of sulfone groups is 1. The number of rotatable bonds is 6. The molecule has 124 valence electrons. The Morgan fingerprint density at radius 2 is 2.09 bits per heavy atom. The van der Waals surface area contributed by atoms with Crippen molar-refractivity contribution in [3.8, 4) is 0 Å². The lowest BCUT2D eigenvalue weighted by Gasteiger charge is -2.05. The molecule has 0 atom stereocenters. The average Bonchev–Trinajstić information content (AvgIpc) is 2.85. The van der Waals surface area contributed by atoms with E-state index in [0.717, 1.165) is 9.48 Å². The first-order valence-corrected chi connectivity index (χ1v) is 10.3. The van der Waals surface area contributed by atoms with E-state index in [0.29, 0.717) is 10.7 Å². The molecule has 2 rings (SSSR count). The van der Waals surface area contributed by atoms with Crippen LogP contribution in [-0.4, -0.2) is 30.3 Å². The Balaban J connectivity index is 1.97. The van der Waals surface area contributed by atoms with E-state index in [2.05, 4.69) is 31.4 Å². The highest BCUT2D eigenvalue weighted by atomic mass is 79.9. The standard InChI is InChI=1S/C14H16BrN3O3S2/c1-9(2)13-17-18-14(22-13)16-12(19)8-23(20,21)7-10-4-3-5-11(15)6-10/h3-6,9H,7-8H2,1-2H3,(H,16,18,19). The van der Waals surface area contributed by atoms with Crippen molar-refractivity contribution in [2.75, 3.05) is 11.1 Å². The number of benzene rings is 1. The molecule has 0 bridgehead atoms. The van der Waals surface area contributed by atoms with Crippen molar-refractivity contribution in [2.45, 2.75) is 25.5 Å². The number of anilines is 1. The molecule has 23 heavy (non-hydrogen) atoms. The third kappa shape index (κ3) is 5.67. The van der Waals surface area contributed by atoms with E-state index in [4.69, 9.17) is 0 Å². The van der Waals surface area contributed by atoms with Gasteiger partial charge in [0.1, 0.15) is 10.8 Å². The molecule has 0 aliphatic carbocycles. The van der Waals surface area contributed by atoms with Crippen molar-refractivity contribution in [3.63, 3.8) is 0 Å². The molecule has 0 radical (unpaired) electrons. The first-order chi connectivity index (χ1) is 10.7. The maximum atomic E-state index is 12.1. The van der Waals surface area contributed by atoms with E-state index < -0.39 is 21.5 Å². The normalized spacial score (nSPS) is 11.7. The van der Waals surface area contributed by atoms with Gasteiger partial charge in [0.2, 0.25) is 11.0 Å². The van der Waals surface area contributed by atoms with Crippen LogP contribution >= 0.6 is 27.3 Å². The number of aromatic nitrogens is 2. The van der Waals surface area contributed by atoms with Crippen LogP contribution < -0.4 is 5.32 Å². The molecule has 0 fully saturated rings. The van der Waals surface area contributed by atoms with Gasteiger partial charge in [0.25, 0.3) is 0 Å². The highest BCUT2D eigenvalue weighted by Crippen LogP contribution is 2.22. The number of halogens is 1. The molecule has 2 aromatic rings. The molecule has 1 aromatic heterocycles. The Hall–Kier alpha value is -1.32. The maximum absolute atomic E-state index is 12.1. The lowest BCUT2D eigenvalue weighted by Crippen LogP contribution is -2.23. The van der Waals surface area contributed by atoms with Crippen LogP contribution in [0, 0.1) is 0 Å². The van der Waals surface area contributed by atoms with Crippen molar-refractivity contribution in [1.82, 2.24) is 10.2 Å². The Morgan fingerprint density at radius 3 is 2.70 bits per heavy atom. The van der Waals surface area contributed by atoms with Crippen molar-refractivity contribution < 1.29 is 13.2 Å². The monoisotopic (exact) mass is 417 g/mol. The fourth-order valence-corrected chi connectivity index (χ4v) is 4.27. The number of nitrogens with one attached hydrogen (secondary N) is 1. The number of carbonyl (C=O) groups is 1. The maximum Gasteiger partial charge on any atom is 0.241 e. The summed E-state index contributed by atoms with van der Waals surface area (Å²) in [4.78, 5) is 11.9. The van der Waals surface area contributed by atoms with Crippen LogP contribution in [0.4, 0.5) is 5.13 Å². The molecule has 0 aliphatic heterocycles. The molecule has 0 unspecified atom stereocenters. The molecular weight excluding hydrogens is 402 g/mol. The van der Waals surface area contributed by atoms with Gasteiger partial charge >= 0.3 is 0 Å². The van der Waals surface area contributed by atoms with Crippen LogP contribution in [0.3, 0.4) is 0 Å². The summed E-state index contributed by atoms with van der Waals surface area (Å²) >= 11 is 4.54. The molecule has 1 aromatic carbocycles. The van der Waals surface area contributed by atoms with E-state index in [1.165, 1.54) is 11.3 Å². The highest BCUT2D eigenvalue weighted by molar-refractivity contribution is 9.10. The number of hydrogen-bond acceptors (Lipinski definition) is 6. The second-order valence-electron chi connectivity index (χ2n) is 5.31. The topological polar surface area (TPSA) is 89.0 Å². The quantitative estimate of drug-likeness (QED) is 0.779. The minimum atomic E-state index is -3.56. The molecular formula is C14H16BrN3O3S2. The van der Waals surface area contributed by atoms with Crippen LogP contribution in [-0.2, 0) is 20.4 Å². The second kappa shape index (κ2) is 7.50. The predicted octanol–water partition coefficient (Wildman–Crippen LogP) is 2.98. The predicted molar refractivity (Wildman–Crippen MR) is 94.3 cm³/mol. The molecule has 9 heteroatoms. The third-order valence-electron chi connectivity index (χ3n) is 2.81. The summed E-state index contributed by atoms with van der Waals surface area (Å²) in [6.07, 6.45) is 0. The number of hydrogen-bond donors (Lipinski definition) is 1. The molecule has 1 heterocycles. The Kier molecular flexibility index (Phi) is 5.88. The van der Waals surface area contributed by atoms with Gasteiger partial charge in [0.05, 0.1) is 5.75 Å². The molecule has 1 N–H and O–H groups in total. The summed E-state index contributed by atoms with van der Waals surface area (Å²) in [6, 6.07) is 6.99. The van der Waals surface area contributed by atoms with Gasteiger partial charge in [-0.05, 0) is 17.7 Å². The average molecular weight is 418 g/mol. The van der Waals surface area contributed by atoms with Gasteiger partial charge in [-0.1, -0.05) is 53.2 Å².